The van der Waals surface area contributed by atoms with Crippen LogP contribution in [0.2, 0.25) is 0 Å². The van der Waals surface area contributed by atoms with E-state index >= 15 is 0 Å². The molecule has 2 aliphatic carbocycles. The van der Waals surface area contributed by atoms with Crippen LogP contribution >= 0.6 is 0 Å². The van der Waals surface area contributed by atoms with E-state index in [2.05, 4.69) is 26.1 Å². The number of nitrogens with one attached hydrogen (secondary N) is 1. The van der Waals surface area contributed by atoms with Gasteiger partial charge in [-0.15, -0.1) is 0 Å². The van der Waals surface area contributed by atoms with Gasteiger partial charge in [0.1, 0.15) is 0 Å². The third-order valence-electron chi connectivity index (χ3n) is 5.41. The molecule has 1 N–H and O–H groups in total. The average Bonchev–Trinajstić information content (AvgIpc) is 2.82. The lowest BCUT2D eigenvalue weighted by atomic mass is 9.71. The van der Waals surface area contributed by atoms with Gasteiger partial charge >= 0.3 is 0 Å². The average molecular weight is 251 g/mol. The van der Waals surface area contributed by atoms with Gasteiger partial charge in [0.15, 0.2) is 0 Å². The van der Waals surface area contributed by atoms with Crippen LogP contribution in [0.25, 0.3) is 0 Å². The zero-order valence-electron chi connectivity index (χ0n) is 12.8. The van der Waals surface area contributed by atoms with Gasteiger partial charge < -0.3 is 5.32 Å². The molecular formula is C17H33N. The monoisotopic (exact) mass is 251 g/mol. The first kappa shape index (κ1) is 14.4. The fourth-order valence-corrected chi connectivity index (χ4v) is 3.95. The molecule has 0 amide bonds. The SMILES string of the molecule is CC(C)(C)C1CCC(NCCC2CCCC2)CC1. The van der Waals surface area contributed by atoms with Crippen molar-refractivity contribution in [1.29, 1.82) is 0 Å². The van der Waals surface area contributed by atoms with Gasteiger partial charge in [0.25, 0.3) is 0 Å². The maximum atomic E-state index is 3.82. The Bertz CT molecular complexity index is 226. The largest absolute Gasteiger partial charge is 0.314 e. The summed E-state index contributed by atoms with van der Waals surface area (Å²) in [5, 5.41) is 3.82. The topological polar surface area (TPSA) is 12.0 Å². The highest BCUT2D eigenvalue weighted by atomic mass is 14.9. The van der Waals surface area contributed by atoms with Crippen LogP contribution in [0.15, 0.2) is 0 Å². The first-order valence-electron chi connectivity index (χ1n) is 8.29. The third kappa shape index (κ3) is 4.26. The van der Waals surface area contributed by atoms with Crippen molar-refractivity contribution in [3.8, 4) is 0 Å². The molecule has 0 aromatic heterocycles. The Morgan fingerprint density at radius 3 is 2.06 bits per heavy atom. The van der Waals surface area contributed by atoms with E-state index in [1.807, 2.05) is 0 Å². The Morgan fingerprint density at radius 1 is 0.889 bits per heavy atom. The molecule has 0 aromatic carbocycles. The highest BCUT2D eigenvalue weighted by molar-refractivity contribution is 4.83. The van der Waals surface area contributed by atoms with Gasteiger partial charge in [-0.25, -0.2) is 0 Å². The van der Waals surface area contributed by atoms with Crippen LogP contribution in [0.4, 0.5) is 0 Å². The normalized spacial score (nSPS) is 30.8. The molecule has 0 radical (unpaired) electrons. The summed E-state index contributed by atoms with van der Waals surface area (Å²) in [6.07, 6.45) is 13.1. The van der Waals surface area contributed by atoms with Crippen LogP contribution in [0.3, 0.4) is 0 Å². The molecule has 0 atom stereocenters. The maximum absolute atomic E-state index is 3.82. The predicted octanol–water partition coefficient (Wildman–Crippen LogP) is 4.76. The molecule has 2 aliphatic rings. The molecule has 0 unspecified atom stereocenters. The van der Waals surface area contributed by atoms with Gasteiger partial charge in [-0.1, -0.05) is 46.5 Å². The van der Waals surface area contributed by atoms with Crippen molar-refractivity contribution in [2.75, 3.05) is 6.54 Å². The van der Waals surface area contributed by atoms with Gasteiger partial charge in [-0.3, -0.25) is 0 Å². The van der Waals surface area contributed by atoms with Crippen LogP contribution < -0.4 is 5.32 Å². The summed E-state index contributed by atoms with van der Waals surface area (Å²) >= 11 is 0. The molecular weight excluding hydrogens is 218 g/mol. The summed E-state index contributed by atoms with van der Waals surface area (Å²) in [5.41, 5.74) is 0.523. The first-order chi connectivity index (χ1) is 8.55. The molecule has 0 saturated heterocycles. The molecule has 2 fully saturated rings. The lowest BCUT2D eigenvalue weighted by Gasteiger charge is -2.37. The summed E-state index contributed by atoms with van der Waals surface area (Å²) in [7, 11) is 0. The molecule has 0 aromatic rings. The fraction of sp³-hybridized carbons (Fsp3) is 1.00. The van der Waals surface area contributed by atoms with E-state index in [-0.39, 0.29) is 0 Å². The standard InChI is InChI=1S/C17H33N/c1-17(2,3)15-8-10-16(11-9-15)18-13-12-14-6-4-5-7-14/h14-16,18H,4-13H2,1-3H3. The molecule has 2 saturated carbocycles. The Kier molecular flexibility index (Phi) is 5.12. The zero-order chi connectivity index (χ0) is 13.0. The van der Waals surface area contributed by atoms with Crippen molar-refractivity contribution in [3.63, 3.8) is 0 Å². The summed E-state index contributed by atoms with van der Waals surface area (Å²) < 4.78 is 0. The van der Waals surface area contributed by atoms with Crippen LogP contribution in [-0.4, -0.2) is 12.6 Å². The minimum absolute atomic E-state index is 0.523. The van der Waals surface area contributed by atoms with E-state index in [0.717, 1.165) is 17.9 Å². The molecule has 1 heteroatoms. The third-order valence-corrected chi connectivity index (χ3v) is 5.41. The van der Waals surface area contributed by atoms with Crippen LogP contribution in [0.5, 0.6) is 0 Å². The maximum Gasteiger partial charge on any atom is 0.00672 e. The molecule has 0 spiro atoms. The minimum atomic E-state index is 0.523. The van der Waals surface area contributed by atoms with Crippen molar-refractivity contribution < 1.29 is 0 Å². The quantitative estimate of drug-likeness (QED) is 0.759. The molecule has 0 heterocycles. The molecule has 18 heavy (non-hydrogen) atoms. The van der Waals surface area contributed by atoms with Gasteiger partial charge in [0.2, 0.25) is 0 Å². The van der Waals surface area contributed by atoms with Gasteiger partial charge in [-0.05, 0) is 55.9 Å². The Balaban J connectivity index is 1.58. The Hall–Kier alpha value is -0.0400. The smallest absolute Gasteiger partial charge is 0.00672 e. The second-order valence-corrected chi connectivity index (χ2v) is 7.81. The summed E-state index contributed by atoms with van der Waals surface area (Å²) in [6.45, 7) is 8.50. The van der Waals surface area contributed by atoms with E-state index in [9.17, 15) is 0 Å². The van der Waals surface area contributed by atoms with E-state index in [1.54, 1.807) is 0 Å². The lowest BCUT2D eigenvalue weighted by molar-refractivity contribution is 0.159. The van der Waals surface area contributed by atoms with Crippen molar-refractivity contribution >= 4 is 0 Å². The number of hydrogen-bond donors (Lipinski definition) is 1. The molecule has 106 valence electrons. The second-order valence-electron chi connectivity index (χ2n) is 7.81. The van der Waals surface area contributed by atoms with Crippen molar-refractivity contribution in [2.45, 2.75) is 84.6 Å². The van der Waals surface area contributed by atoms with Crippen LogP contribution in [-0.2, 0) is 0 Å². The second kappa shape index (κ2) is 6.41. The van der Waals surface area contributed by atoms with Crippen LogP contribution in [0, 0.1) is 17.3 Å². The molecule has 2 rings (SSSR count). The van der Waals surface area contributed by atoms with Crippen molar-refractivity contribution in [2.24, 2.45) is 17.3 Å². The predicted molar refractivity (Wildman–Crippen MR) is 79.8 cm³/mol. The minimum Gasteiger partial charge on any atom is -0.314 e. The number of rotatable bonds is 4. The first-order valence-corrected chi connectivity index (χ1v) is 8.29. The van der Waals surface area contributed by atoms with Crippen molar-refractivity contribution in [3.05, 3.63) is 0 Å². The van der Waals surface area contributed by atoms with Crippen LogP contribution in [0.1, 0.15) is 78.6 Å². The Morgan fingerprint density at radius 2 is 1.50 bits per heavy atom. The van der Waals surface area contributed by atoms with E-state index in [0.29, 0.717) is 5.41 Å². The van der Waals surface area contributed by atoms with E-state index < -0.39 is 0 Å². The number of hydrogen-bond acceptors (Lipinski definition) is 1. The summed E-state index contributed by atoms with van der Waals surface area (Å²) in [6, 6.07) is 0.824. The highest BCUT2D eigenvalue weighted by Crippen LogP contribution is 2.37. The molecule has 0 aliphatic heterocycles. The molecule has 1 nitrogen and oxygen atoms in total. The van der Waals surface area contributed by atoms with E-state index in [4.69, 9.17) is 0 Å². The van der Waals surface area contributed by atoms with Crippen molar-refractivity contribution in [1.82, 2.24) is 5.32 Å². The zero-order valence-corrected chi connectivity index (χ0v) is 12.8. The van der Waals surface area contributed by atoms with Gasteiger partial charge in [0.05, 0.1) is 0 Å². The highest BCUT2D eigenvalue weighted by Gasteiger charge is 2.29. The lowest BCUT2D eigenvalue weighted by Crippen LogP contribution is -2.37. The summed E-state index contributed by atoms with van der Waals surface area (Å²) in [4.78, 5) is 0. The van der Waals surface area contributed by atoms with E-state index in [1.165, 1.54) is 64.3 Å². The molecule has 0 bridgehead atoms. The van der Waals surface area contributed by atoms with Gasteiger partial charge in [0, 0.05) is 6.04 Å². The fourth-order valence-electron chi connectivity index (χ4n) is 3.95. The summed E-state index contributed by atoms with van der Waals surface area (Å²) in [5.74, 6) is 1.99. The Labute approximate surface area is 114 Å². The van der Waals surface area contributed by atoms with Gasteiger partial charge in [-0.2, -0.15) is 0 Å².